The van der Waals surface area contributed by atoms with Crippen molar-refractivity contribution < 1.29 is 14.3 Å². The summed E-state index contributed by atoms with van der Waals surface area (Å²) in [6.07, 6.45) is 3.71. The normalized spacial score (nSPS) is 10.3. The summed E-state index contributed by atoms with van der Waals surface area (Å²) in [5.41, 5.74) is 1.04. The van der Waals surface area contributed by atoms with E-state index in [0.29, 0.717) is 21.8 Å². The van der Waals surface area contributed by atoms with E-state index in [4.69, 9.17) is 11.6 Å². The first kappa shape index (κ1) is 19.7. The Balaban J connectivity index is 2.11. The maximum absolute atomic E-state index is 12.4. The SMILES string of the molecule is CCCCN(C)c1ccc(C(=O)Nc2cc(C(=O)OC)ccc2Cl)cn1. The lowest BCUT2D eigenvalue weighted by atomic mass is 10.2. The van der Waals surface area contributed by atoms with Crippen LogP contribution in [-0.2, 0) is 4.74 Å². The highest BCUT2D eigenvalue weighted by Gasteiger charge is 2.13. The highest BCUT2D eigenvalue weighted by Crippen LogP contribution is 2.24. The Morgan fingerprint density at radius 3 is 2.58 bits per heavy atom. The molecule has 0 saturated carbocycles. The number of pyridine rings is 1. The number of hydrogen-bond donors (Lipinski definition) is 1. The maximum Gasteiger partial charge on any atom is 0.337 e. The molecule has 2 aromatic rings. The molecule has 1 amide bonds. The lowest BCUT2D eigenvalue weighted by Crippen LogP contribution is -2.20. The predicted molar refractivity (Wildman–Crippen MR) is 103 cm³/mol. The van der Waals surface area contributed by atoms with Gasteiger partial charge in [0.15, 0.2) is 0 Å². The number of amides is 1. The smallest absolute Gasteiger partial charge is 0.337 e. The molecule has 0 fully saturated rings. The van der Waals surface area contributed by atoms with Gasteiger partial charge < -0.3 is 15.0 Å². The molecular weight excluding hydrogens is 354 g/mol. The third-order valence-corrected chi connectivity index (χ3v) is 4.21. The van der Waals surface area contributed by atoms with Crippen LogP contribution < -0.4 is 10.2 Å². The molecule has 1 aromatic heterocycles. The number of unbranched alkanes of at least 4 members (excludes halogenated alkanes) is 1. The van der Waals surface area contributed by atoms with Crippen molar-refractivity contribution in [1.29, 1.82) is 0 Å². The molecule has 0 aliphatic rings. The highest BCUT2D eigenvalue weighted by molar-refractivity contribution is 6.34. The third-order valence-electron chi connectivity index (χ3n) is 3.88. The fourth-order valence-electron chi connectivity index (χ4n) is 2.32. The van der Waals surface area contributed by atoms with Gasteiger partial charge in [-0.1, -0.05) is 24.9 Å². The van der Waals surface area contributed by atoms with Gasteiger partial charge in [-0.15, -0.1) is 0 Å². The van der Waals surface area contributed by atoms with E-state index in [9.17, 15) is 9.59 Å². The number of aromatic nitrogens is 1. The van der Waals surface area contributed by atoms with Crippen LogP contribution in [0.4, 0.5) is 11.5 Å². The van der Waals surface area contributed by atoms with Crippen molar-refractivity contribution in [2.75, 3.05) is 30.9 Å². The van der Waals surface area contributed by atoms with Crippen molar-refractivity contribution in [2.24, 2.45) is 0 Å². The van der Waals surface area contributed by atoms with Gasteiger partial charge in [-0.3, -0.25) is 4.79 Å². The average molecular weight is 376 g/mol. The largest absolute Gasteiger partial charge is 0.465 e. The Morgan fingerprint density at radius 1 is 1.23 bits per heavy atom. The molecule has 0 unspecified atom stereocenters. The fraction of sp³-hybridized carbons (Fsp3) is 0.316. The minimum Gasteiger partial charge on any atom is -0.465 e. The summed E-state index contributed by atoms with van der Waals surface area (Å²) in [5, 5.41) is 3.03. The molecule has 0 saturated heterocycles. The minimum atomic E-state index is -0.502. The Kier molecular flexibility index (Phi) is 6.97. The van der Waals surface area contributed by atoms with Gasteiger partial charge in [0.1, 0.15) is 5.82 Å². The minimum absolute atomic E-state index is 0.304. The lowest BCUT2D eigenvalue weighted by Gasteiger charge is -2.17. The van der Waals surface area contributed by atoms with Crippen molar-refractivity contribution in [3.8, 4) is 0 Å². The number of ether oxygens (including phenoxy) is 1. The number of halogens is 1. The van der Waals surface area contributed by atoms with Crippen LogP contribution in [0, 0.1) is 0 Å². The Labute approximate surface area is 158 Å². The van der Waals surface area contributed by atoms with Crippen LogP contribution in [0.25, 0.3) is 0 Å². The van der Waals surface area contributed by atoms with Gasteiger partial charge in [0.25, 0.3) is 5.91 Å². The van der Waals surface area contributed by atoms with Crippen molar-refractivity contribution in [3.05, 3.63) is 52.7 Å². The molecule has 26 heavy (non-hydrogen) atoms. The molecule has 1 heterocycles. The molecule has 1 aromatic carbocycles. The molecule has 0 bridgehead atoms. The molecule has 1 N–H and O–H groups in total. The Morgan fingerprint density at radius 2 is 1.96 bits per heavy atom. The summed E-state index contributed by atoms with van der Waals surface area (Å²) < 4.78 is 4.67. The molecular formula is C19H22ClN3O3. The number of carbonyl (C=O) groups excluding carboxylic acids is 2. The van der Waals surface area contributed by atoms with E-state index < -0.39 is 5.97 Å². The van der Waals surface area contributed by atoms with Gasteiger partial charge in [-0.2, -0.15) is 0 Å². The summed E-state index contributed by atoms with van der Waals surface area (Å²) in [5.74, 6) is -0.0526. The van der Waals surface area contributed by atoms with Gasteiger partial charge >= 0.3 is 5.97 Å². The number of nitrogens with zero attached hydrogens (tertiary/aromatic N) is 2. The molecule has 0 spiro atoms. The average Bonchev–Trinajstić information content (AvgIpc) is 2.67. The first-order chi connectivity index (χ1) is 12.5. The first-order valence-corrected chi connectivity index (χ1v) is 8.70. The van der Waals surface area contributed by atoms with E-state index >= 15 is 0 Å². The van der Waals surface area contributed by atoms with Crippen LogP contribution in [-0.4, -0.2) is 37.6 Å². The quantitative estimate of drug-likeness (QED) is 0.740. The lowest BCUT2D eigenvalue weighted by molar-refractivity contribution is 0.0600. The summed E-state index contributed by atoms with van der Waals surface area (Å²) >= 11 is 6.10. The maximum atomic E-state index is 12.4. The second-order valence-corrected chi connectivity index (χ2v) is 6.23. The zero-order valence-corrected chi connectivity index (χ0v) is 15.8. The fourth-order valence-corrected chi connectivity index (χ4v) is 2.48. The van der Waals surface area contributed by atoms with Gasteiger partial charge in [0.05, 0.1) is 28.9 Å². The van der Waals surface area contributed by atoms with Gasteiger partial charge in [-0.25, -0.2) is 9.78 Å². The van der Waals surface area contributed by atoms with Gasteiger partial charge in [0.2, 0.25) is 0 Å². The van der Waals surface area contributed by atoms with Gasteiger partial charge in [0, 0.05) is 19.8 Å². The van der Waals surface area contributed by atoms with Crippen LogP contribution >= 0.6 is 11.6 Å². The van der Waals surface area contributed by atoms with Crippen molar-refractivity contribution in [3.63, 3.8) is 0 Å². The molecule has 6 nitrogen and oxygen atoms in total. The molecule has 0 aliphatic heterocycles. The summed E-state index contributed by atoms with van der Waals surface area (Å²) in [4.78, 5) is 30.4. The van der Waals surface area contributed by atoms with Crippen molar-refractivity contribution in [1.82, 2.24) is 4.98 Å². The van der Waals surface area contributed by atoms with E-state index in [-0.39, 0.29) is 5.91 Å². The number of methoxy groups -OCH3 is 1. The molecule has 0 radical (unpaired) electrons. The topological polar surface area (TPSA) is 71.5 Å². The third kappa shape index (κ3) is 4.95. The zero-order chi connectivity index (χ0) is 19.1. The van der Waals surface area contributed by atoms with Crippen LogP contribution in [0.15, 0.2) is 36.5 Å². The monoisotopic (exact) mass is 375 g/mol. The van der Waals surface area contributed by atoms with Gasteiger partial charge in [-0.05, 0) is 36.8 Å². The Hall–Kier alpha value is -2.60. The van der Waals surface area contributed by atoms with E-state index in [1.807, 2.05) is 11.9 Å². The van der Waals surface area contributed by atoms with Crippen LogP contribution in [0.2, 0.25) is 5.02 Å². The molecule has 7 heteroatoms. The number of rotatable bonds is 7. The molecule has 0 aliphatic carbocycles. The molecule has 2 rings (SSSR count). The van der Waals surface area contributed by atoms with Crippen molar-refractivity contribution >= 4 is 35.0 Å². The highest BCUT2D eigenvalue weighted by atomic mass is 35.5. The van der Waals surface area contributed by atoms with E-state index in [2.05, 4.69) is 22.0 Å². The van der Waals surface area contributed by atoms with Crippen molar-refractivity contribution in [2.45, 2.75) is 19.8 Å². The van der Waals surface area contributed by atoms with Crippen LogP contribution in [0.5, 0.6) is 0 Å². The van der Waals surface area contributed by atoms with E-state index in [0.717, 1.165) is 25.2 Å². The zero-order valence-electron chi connectivity index (χ0n) is 15.1. The number of anilines is 2. The Bertz CT molecular complexity index is 778. The summed E-state index contributed by atoms with van der Waals surface area (Å²) in [7, 11) is 3.26. The molecule has 0 atom stereocenters. The number of nitrogens with one attached hydrogen (secondary N) is 1. The first-order valence-electron chi connectivity index (χ1n) is 8.32. The van der Waals surface area contributed by atoms with Crippen LogP contribution in [0.1, 0.15) is 40.5 Å². The summed E-state index contributed by atoms with van der Waals surface area (Å²) in [6, 6.07) is 8.06. The summed E-state index contributed by atoms with van der Waals surface area (Å²) in [6.45, 7) is 3.04. The number of hydrogen-bond acceptors (Lipinski definition) is 5. The second-order valence-electron chi connectivity index (χ2n) is 5.82. The van der Waals surface area contributed by atoms with E-state index in [1.54, 1.807) is 12.1 Å². The number of carbonyl (C=O) groups is 2. The molecule has 138 valence electrons. The standard InChI is InChI=1S/C19H22ClN3O3/c1-4-5-10-23(2)17-9-7-14(12-21-17)18(24)22-16-11-13(19(25)26-3)6-8-15(16)20/h6-9,11-12H,4-5,10H2,1-3H3,(H,22,24). The second kappa shape index (κ2) is 9.20. The van der Waals surface area contributed by atoms with E-state index in [1.165, 1.54) is 31.5 Å². The number of benzene rings is 1. The van der Waals surface area contributed by atoms with Crippen LogP contribution in [0.3, 0.4) is 0 Å². The predicted octanol–water partition coefficient (Wildman–Crippen LogP) is 4.01. The number of esters is 1.